The van der Waals surface area contributed by atoms with Crippen molar-refractivity contribution in [1.82, 2.24) is 15.3 Å². The fraction of sp³-hybridized carbons (Fsp3) is 0.429. The van der Waals surface area contributed by atoms with Crippen molar-refractivity contribution in [2.75, 3.05) is 6.61 Å². The lowest BCUT2D eigenvalue weighted by molar-refractivity contribution is -0.173. The summed E-state index contributed by atoms with van der Waals surface area (Å²) >= 11 is 5.86. The molecule has 4 rings (SSSR count). The van der Waals surface area contributed by atoms with E-state index in [9.17, 15) is 24.9 Å². The van der Waals surface area contributed by atoms with Crippen LogP contribution in [0.15, 0.2) is 72.9 Å². The first-order chi connectivity index (χ1) is 19.9. The van der Waals surface area contributed by atoms with E-state index in [1.165, 1.54) is 13.1 Å². The zero-order chi connectivity index (χ0) is 30.5. The number of aliphatic hydroxyl groups is 3. The number of nitrogens with zero attached hydrogens (tertiary/aromatic N) is 1. The Balaban J connectivity index is 1.56. The van der Waals surface area contributed by atoms with Gasteiger partial charge in [0.2, 0.25) is 12.3 Å². The lowest BCUT2D eigenvalue weighted by Gasteiger charge is -2.39. The number of hydrogen-bond acceptors (Lipinski definition) is 11. The van der Waals surface area contributed by atoms with E-state index in [1.54, 1.807) is 44.2 Å². The molecule has 2 aliphatic rings. The molecule has 0 spiro atoms. The van der Waals surface area contributed by atoms with Crippen LogP contribution in [0.25, 0.3) is 0 Å². The largest absolute Gasteiger partial charge is 0.462 e. The number of ether oxygens (including phenoxy) is 2. The van der Waals surface area contributed by atoms with Gasteiger partial charge in [-0.15, -0.1) is 0 Å². The second kappa shape index (κ2) is 13.6. The smallest absolute Gasteiger partial charge is 0.324 e. The first-order valence-corrected chi connectivity index (χ1v) is 16.0. The monoisotopic (exact) mass is 621 g/mol. The Kier molecular flexibility index (Phi) is 10.4. The van der Waals surface area contributed by atoms with Gasteiger partial charge in [0, 0.05) is 12.3 Å². The van der Waals surface area contributed by atoms with Crippen LogP contribution in [0, 0.1) is 0 Å². The molecule has 1 saturated heterocycles. The maximum Gasteiger partial charge on any atom is 0.324 e. The lowest BCUT2D eigenvalue weighted by atomic mass is 9.96. The highest BCUT2D eigenvalue weighted by atomic mass is 32.5. The molecule has 2 aromatic carbocycles. The topological polar surface area (TPSA) is 159 Å². The summed E-state index contributed by atoms with van der Waals surface area (Å²) in [7, 11) is 0. The molecule has 3 unspecified atom stereocenters. The van der Waals surface area contributed by atoms with E-state index in [-0.39, 0.29) is 19.1 Å². The Morgan fingerprint density at radius 1 is 1.17 bits per heavy atom. The average Bonchev–Trinajstić information content (AvgIpc) is 3.16. The normalized spacial score (nSPS) is 27.8. The first-order valence-electron chi connectivity index (χ1n) is 13.4. The van der Waals surface area contributed by atoms with Crippen LogP contribution in [0.1, 0.15) is 26.3 Å². The van der Waals surface area contributed by atoms with Gasteiger partial charge >= 0.3 is 12.6 Å². The van der Waals surface area contributed by atoms with Crippen molar-refractivity contribution in [2.45, 2.75) is 69.7 Å². The van der Waals surface area contributed by atoms with Crippen LogP contribution in [0.3, 0.4) is 0 Å². The van der Waals surface area contributed by atoms with Crippen molar-refractivity contribution < 1.29 is 43.4 Å². The van der Waals surface area contributed by atoms with Gasteiger partial charge in [0.25, 0.3) is 0 Å². The third kappa shape index (κ3) is 7.94. The SMILES string of the molecule is CC(C)OC(=O)C(Cc1ccccc1)NP(=S)(OC[C@H]1O[C@@H](N2C=CC(=O)NC2O)[C@](C)(O)[C@@H]1O)Oc1ccccc1. The number of rotatable bonds is 12. The molecular weight excluding hydrogens is 585 g/mol. The summed E-state index contributed by atoms with van der Waals surface area (Å²) in [5.74, 6) is -0.682. The second-order valence-corrected chi connectivity index (χ2v) is 13.5. The number of benzene rings is 2. The molecule has 1 amide bonds. The van der Waals surface area contributed by atoms with Gasteiger partial charge < -0.3 is 44.1 Å². The zero-order valence-electron chi connectivity index (χ0n) is 23.4. The summed E-state index contributed by atoms with van der Waals surface area (Å²) in [4.78, 5) is 25.9. The van der Waals surface area contributed by atoms with Gasteiger partial charge in [-0.1, -0.05) is 48.5 Å². The van der Waals surface area contributed by atoms with E-state index in [0.29, 0.717) is 5.75 Å². The van der Waals surface area contributed by atoms with E-state index >= 15 is 0 Å². The van der Waals surface area contributed by atoms with E-state index in [2.05, 4.69) is 10.4 Å². The molecule has 1 fully saturated rings. The maximum absolute atomic E-state index is 13.2. The molecule has 2 aromatic rings. The molecule has 0 aromatic heterocycles. The third-order valence-corrected chi connectivity index (χ3v) is 9.01. The molecule has 0 bridgehead atoms. The Morgan fingerprint density at radius 2 is 1.81 bits per heavy atom. The van der Waals surface area contributed by atoms with Gasteiger partial charge in [0.05, 0.1) is 12.7 Å². The average molecular weight is 622 g/mol. The van der Waals surface area contributed by atoms with Crippen LogP contribution in [0.4, 0.5) is 0 Å². The predicted molar refractivity (Wildman–Crippen MR) is 156 cm³/mol. The van der Waals surface area contributed by atoms with Crippen LogP contribution in [-0.2, 0) is 41.8 Å². The molecule has 5 N–H and O–H groups in total. The van der Waals surface area contributed by atoms with Crippen molar-refractivity contribution in [3.8, 4) is 5.75 Å². The molecule has 228 valence electrons. The van der Waals surface area contributed by atoms with Gasteiger partial charge in [-0.3, -0.25) is 9.59 Å². The minimum absolute atomic E-state index is 0.233. The van der Waals surface area contributed by atoms with Crippen LogP contribution in [-0.4, -0.2) is 81.2 Å². The van der Waals surface area contributed by atoms with Gasteiger partial charge in [-0.25, -0.2) is 5.09 Å². The number of carbonyl (C=O) groups excluding carboxylic acids is 2. The highest BCUT2D eigenvalue weighted by Crippen LogP contribution is 2.47. The number of esters is 1. The fourth-order valence-corrected chi connectivity index (χ4v) is 6.84. The minimum Gasteiger partial charge on any atom is -0.462 e. The zero-order valence-corrected chi connectivity index (χ0v) is 25.1. The van der Waals surface area contributed by atoms with Crippen LogP contribution in [0.2, 0.25) is 0 Å². The van der Waals surface area contributed by atoms with E-state index < -0.39 is 54.9 Å². The molecule has 2 heterocycles. The summed E-state index contributed by atoms with van der Waals surface area (Å²) in [6, 6.07) is 17.1. The van der Waals surface area contributed by atoms with Crippen LogP contribution >= 0.6 is 6.64 Å². The molecule has 2 aliphatic heterocycles. The highest BCUT2D eigenvalue weighted by molar-refractivity contribution is 8.09. The molecule has 14 heteroatoms. The highest BCUT2D eigenvalue weighted by Gasteiger charge is 2.55. The van der Waals surface area contributed by atoms with Crippen molar-refractivity contribution in [1.29, 1.82) is 0 Å². The summed E-state index contributed by atoms with van der Waals surface area (Å²) < 4.78 is 23.6. The summed E-state index contributed by atoms with van der Waals surface area (Å²) in [5, 5.41) is 37.8. The Labute approximate surface area is 249 Å². The summed E-state index contributed by atoms with van der Waals surface area (Å²) in [6.45, 7) is 0.929. The lowest BCUT2D eigenvalue weighted by Crippen LogP contribution is -2.59. The van der Waals surface area contributed by atoms with Crippen molar-refractivity contribution in [3.63, 3.8) is 0 Å². The molecule has 7 atom stereocenters. The molecule has 0 radical (unpaired) electrons. The quantitative estimate of drug-likeness (QED) is 0.172. The molecule has 12 nitrogen and oxygen atoms in total. The Morgan fingerprint density at radius 3 is 2.43 bits per heavy atom. The van der Waals surface area contributed by atoms with Gasteiger partial charge in [-0.2, -0.15) is 0 Å². The third-order valence-electron chi connectivity index (χ3n) is 6.59. The maximum atomic E-state index is 13.2. The molecular formula is C28H36N3O9PS. The fourth-order valence-electron chi connectivity index (χ4n) is 4.51. The minimum atomic E-state index is -3.55. The van der Waals surface area contributed by atoms with E-state index in [0.717, 1.165) is 16.5 Å². The van der Waals surface area contributed by atoms with Crippen molar-refractivity contribution in [2.24, 2.45) is 0 Å². The van der Waals surface area contributed by atoms with Gasteiger partial charge in [0.15, 0.2) is 6.23 Å². The predicted octanol–water partition coefficient (Wildman–Crippen LogP) is 1.52. The standard InChI is InChI=1S/C28H36N3O9PS/c1-18(2)38-25(34)21(16-19-10-6-4-7-11-19)30-41(42,40-20-12-8-5-9-13-20)37-17-22-24(33)28(3,36)26(39-22)31-15-14-23(32)29-27(31)35/h4-15,18,21-22,24,26-27,33,35-36H,16-17H2,1-3H3,(H,29,32)(H,30,42)/t21?,22-,24-,26-,27?,28-,41?/m1/s1. The van der Waals surface area contributed by atoms with Crippen LogP contribution in [0.5, 0.6) is 5.75 Å². The first kappa shape index (κ1) is 32.1. The van der Waals surface area contributed by atoms with E-state index in [4.69, 9.17) is 30.3 Å². The van der Waals surface area contributed by atoms with Crippen molar-refractivity contribution >= 4 is 30.3 Å². The van der Waals surface area contributed by atoms with Gasteiger partial charge in [-0.05, 0) is 56.7 Å². The molecule has 42 heavy (non-hydrogen) atoms. The molecule has 0 saturated carbocycles. The summed E-state index contributed by atoms with van der Waals surface area (Å²) in [5.41, 5.74) is -1.03. The van der Waals surface area contributed by atoms with Gasteiger partial charge in [0.1, 0.15) is 29.6 Å². The summed E-state index contributed by atoms with van der Waals surface area (Å²) in [6.07, 6.45) is -3.08. The Hall–Kier alpha value is -2.87. The van der Waals surface area contributed by atoms with E-state index in [1.807, 2.05) is 30.3 Å². The van der Waals surface area contributed by atoms with Crippen molar-refractivity contribution in [3.05, 3.63) is 78.5 Å². The number of aliphatic hydroxyl groups excluding tert-OH is 2. The number of hydrogen-bond donors (Lipinski definition) is 5. The molecule has 0 aliphatic carbocycles. The number of amides is 1. The number of carbonyl (C=O) groups is 2. The number of nitrogens with one attached hydrogen (secondary N) is 2. The Bertz CT molecular complexity index is 1300. The second-order valence-electron chi connectivity index (χ2n) is 10.4. The number of para-hydroxylation sites is 1. The van der Waals surface area contributed by atoms with Crippen LogP contribution < -0.4 is 14.9 Å².